The Kier molecular flexibility index (Phi) is 8.92. The molecule has 1 saturated carbocycles. The van der Waals surface area contributed by atoms with E-state index in [-0.39, 0.29) is 0 Å². The molecule has 0 aromatic heterocycles. The van der Waals surface area contributed by atoms with E-state index in [0.29, 0.717) is 12.6 Å². The van der Waals surface area contributed by atoms with E-state index in [4.69, 9.17) is 0 Å². The Labute approximate surface area is 142 Å². The molecule has 1 aliphatic carbocycles. The summed E-state index contributed by atoms with van der Waals surface area (Å²) in [6.07, 6.45) is 6.25. The molecule has 5 nitrogen and oxygen atoms in total. The third-order valence-corrected chi connectivity index (χ3v) is 4.69. The summed E-state index contributed by atoms with van der Waals surface area (Å²) >= 11 is 0. The molecule has 0 radical (unpaired) electrons. The number of nitrogens with one attached hydrogen (secondary N) is 2. The van der Waals surface area contributed by atoms with Crippen LogP contribution in [0.2, 0.25) is 0 Å². The van der Waals surface area contributed by atoms with Crippen molar-refractivity contribution in [3.63, 3.8) is 0 Å². The lowest BCUT2D eigenvalue weighted by molar-refractivity contribution is 0.0306. The second kappa shape index (κ2) is 10.1. The highest BCUT2D eigenvalue weighted by Crippen LogP contribution is 2.26. The lowest BCUT2D eigenvalue weighted by Crippen LogP contribution is -2.46. The zero-order chi connectivity index (χ0) is 17.3. The van der Waals surface area contributed by atoms with Crippen molar-refractivity contribution < 1.29 is 5.11 Å². The standard InChI is InChI=1S/C18H38N4O/c1-6-11-18(23,12-7-2)14-21-17(19-8-3)20-13-15(4)22(5)16-9-10-16/h15-16,23H,6-14H2,1-5H3,(H2,19,20,21). The van der Waals surface area contributed by atoms with Crippen LogP contribution >= 0.6 is 0 Å². The van der Waals surface area contributed by atoms with E-state index in [1.54, 1.807) is 0 Å². The first-order chi connectivity index (χ1) is 11.0. The van der Waals surface area contributed by atoms with Crippen molar-refractivity contribution in [1.82, 2.24) is 15.5 Å². The predicted molar refractivity (Wildman–Crippen MR) is 99.0 cm³/mol. The molecule has 0 heterocycles. The topological polar surface area (TPSA) is 59.9 Å². The summed E-state index contributed by atoms with van der Waals surface area (Å²) in [5.41, 5.74) is -0.664. The summed E-state index contributed by atoms with van der Waals surface area (Å²) in [6, 6.07) is 1.25. The first-order valence-electron chi connectivity index (χ1n) is 9.42. The van der Waals surface area contributed by atoms with Crippen LogP contribution in [0.4, 0.5) is 0 Å². The minimum absolute atomic E-state index is 0.469. The molecule has 0 aromatic rings. The fourth-order valence-corrected chi connectivity index (χ4v) is 3.01. The maximum absolute atomic E-state index is 10.7. The monoisotopic (exact) mass is 326 g/mol. The van der Waals surface area contributed by atoms with Gasteiger partial charge in [0.25, 0.3) is 0 Å². The van der Waals surface area contributed by atoms with Gasteiger partial charge in [-0.2, -0.15) is 0 Å². The van der Waals surface area contributed by atoms with Gasteiger partial charge in [0.2, 0.25) is 0 Å². The lowest BCUT2D eigenvalue weighted by atomic mass is 9.93. The van der Waals surface area contributed by atoms with Crippen molar-refractivity contribution in [3.05, 3.63) is 0 Å². The zero-order valence-electron chi connectivity index (χ0n) is 15.9. The minimum Gasteiger partial charge on any atom is -0.388 e. The van der Waals surface area contributed by atoms with Gasteiger partial charge < -0.3 is 15.7 Å². The van der Waals surface area contributed by atoms with Crippen LogP contribution in [0.15, 0.2) is 4.99 Å². The number of nitrogens with zero attached hydrogens (tertiary/aromatic N) is 2. The van der Waals surface area contributed by atoms with Crippen molar-refractivity contribution in [1.29, 1.82) is 0 Å². The predicted octanol–water partition coefficient (Wildman–Crippen LogP) is 2.36. The Balaban J connectivity index is 2.53. The second-order valence-electron chi connectivity index (χ2n) is 7.05. The number of aliphatic imine (C=N–C) groups is 1. The molecule has 0 aliphatic heterocycles. The number of rotatable bonds is 11. The van der Waals surface area contributed by atoms with Gasteiger partial charge in [-0.1, -0.05) is 26.7 Å². The highest BCUT2D eigenvalue weighted by Gasteiger charge is 2.29. The van der Waals surface area contributed by atoms with Gasteiger partial charge in [-0.05, 0) is 46.6 Å². The minimum atomic E-state index is -0.664. The van der Waals surface area contributed by atoms with Crippen molar-refractivity contribution in [3.8, 4) is 0 Å². The summed E-state index contributed by atoms with van der Waals surface area (Å²) in [5, 5.41) is 17.4. The van der Waals surface area contributed by atoms with Gasteiger partial charge in [0, 0.05) is 25.2 Å². The van der Waals surface area contributed by atoms with E-state index in [2.05, 4.69) is 55.3 Å². The molecule has 1 atom stereocenters. The molecular formula is C18H38N4O. The number of aliphatic hydroxyl groups is 1. The summed E-state index contributed by atoms with van der Waals surface area (Å²) in [7, 11) is 2.20. The molecule has 1 fully saturated rings. The number of guanidine groups is 1. The maximum atomic E-state index is 10.7. The van der Waals surface area contributed by atoms with Gasteiger partial charge in [-0.3, -0.25) is 9.89 Å². The molecular weight excluding hydrogens is 288 g/mol. The molecule has 0 saturated heterocycles. The number of likely N-dealkylation sites (N-methyl/N-ethyl adjacent to an activating group) is 1. The largest absolute Gasteiger partial charge is 0.388 e. The molecule has 23 heavy (non-hydrogen) atoms. The third kappa shape index (κ3) is 7.53. The zero-order valence-corrected chi connectivity index (χ0v) is 15.9. The van der Waals surface area contributed by atoms with E-state index in [9.17, 15) is 5.11 Å². The Morgan fingerprint density at radius 1 is 1.22 bits per heavy atom. The molecule has 0 amide bonds. The Morgan fingerprint density at radius 2 is 1.83 bits per heavy atom. The van der Waals surface area contributed by atoms with Crippen LogP contribution in [-0.4, -0.2) is 60.3 Å². The van der Waals surface area contributed by atoms with Gasteiger partial charge in [-0.15, -0.1) is 0 Å². The molecule has 0 aromatic carbocycles. The van der Waals surface area contributed by atoms with Crippen LogP contribution in [0, 0.1) is 0 Å². The van der Waals surface area contributed by atoms with E-state index in [1.165, 1.54) is 12.8 Å². The molecule has 1 aliphatic rings. The van der Waals surface area contributed by atoms with E-state index in [1.807, 2.05) is 0 Å². The molecule has 5 heteroatoms. The van der Waals surface area contributed by atoms with Gasteiger partial charge in [0.15, 0.2) is 5.96 Å². The van der Waals surface area contributed by atoms with Crippen LogP contribution in [0.1, 0.15) is 66.2 Å². The van der Waals surface area contributed by atoms with Gasteiger partial charge >= 0.3 is 0 Å². The van der Waals surface area contributed by atoms with Gasteiger partial charge in [-0.25, -0.2) is 0 Å². The van der Waals surface area contributed by atoms with Crippen molar-refractivity contribution in [2.75, 3.05) is 26.7 Å². The fourth-order valence-electron chi connectivity index (χ4n) is 3.01. The third-order valence-electron chi connectivity index (χ3n) is 4.69. The molecule has 0 spiro atoms. The van der Waals surface area contributed by atoms with Crippen LogP contribution in [-0.2, 0) is 0 Å². The lowest BCUT2D eigenvalue weighted by Gasteiger charge is -2.27. The summed E-state index contributed by atoms with van der Waals surface area (Å²) in [5.74, 6) is 0.814. The van der Waals surface area contributed by atoms with Crippen molar-refractivity contribution in [2.45, 2.75) is 83.9 Å². The van der Waals surface area contributed by atoms with Crippen LogP contribution < -0.4 is 10.6 Å². The van der Waals surface area contributed by atoms with Gasteiger partial charge in [0.1, 0.15) is 0 Å². The SMILES string of the molecule is CCCC(O)(CCC)CN=C(NCC)NCC(C)N(C)C1CC1. The normalized spacial score (nSPS) is 17.4. The Bertz CT molecular complexity index is 349. The van der Waals surface area contributed by atoms with E-state index < -0.39 is 5.60 Å². The Morgan fingerprint density at radius 3 is 2.30 bits per heavy atom. The molecule has 0 bridgehead atoms. The first-order valence-corrected chi connectivity index (χ1v) is 9.42. The average Bonchev–Trinajstić information content (AvgIpc) is 3.34. The highest BCUT2D eigenvalue weighted by molar-refractivity contribution is 5.79. The summed E-state index contributed by atoms with van der Waals surface area (Å²) in [4.78, 5) is 7.09. The van der Waals surface area contributed by atoms with Crippen LogP contribution in [0.3, 0.4) is 0 Å². The average molecular weight is 327 g/mol. The van der Waals surface area contributed by atoms with E-state index in [0.717, 1.165) is 50.8 Å². The smallest absolute Gasteiger partial charge is 0.191 e. The quantitative estimate of drug-likeness (QED) is 0.403. The summed E-state index contributed by atoms with van der Waals surface area (Å²) in [6.45, 7) is 10.7. The molecule has 3 N–H and O–H groups in total. The highest BCUT2D eigenvalue weighted by atomic mass is 16.3. The maximum Gasteiger partial charge on any atom is 0.191 e. The molecule has 136 valence electrons. The molecule has 1 unspecified atom stereocenters. The number of hydrogen-bond acceptors (Lipinski definition) is 3. The first kappa shape index (κ1) is 20.2. The Hall–Kier alpha value is -0.810. The van der Waals surface area contributed by atoms with Crippen molar-refractivity contribution >= 4 is 5.96 Å². The summed E-state index contributed by atoms with van der Waals surface area (Å²) < 4.78 is 0. The fraction of sp³-hybridized carbons (Fsp3) is 0.944. The van der Waals surface area contributed by atoms with Crippen LogP contribution in [0.25, 0.3) is 0 Å². The number of hydrogen-bond donors (Lipinski definition) is 3. The van der Waals surface area contributed by atoms with Crippen molar-refractivity contribution in [2.24, 2.45) is 4.99 Å². The molecule has 1 rings (SSSR count). The van der Waals surface area contributed by atoms with E-state index >= 15 is 0 Å². The van der Waals surface area contributed by atoms with Crippen LogP contribution in [0.5, 0.6) is 0 Å². The second-order valence-corrected chi connectivity index (χ2v) is 7.05. The van der Waals surface area contributed by atoms with Gasteiger partial charge in [0.05, 0.1) is 12.1 Å².